The molecule has 0 bridgehead atoms. The summed E-state index contributed by atoms with van der Waals surface area (Å²) in [5.41, 5.74) is 1.05. The molecule has 0 saturated carbocycles. The van der Waals surface area contributed by atoms with E-state index in [4.69, 9.17) is 4.74 Å². The highest BCUT2D eigenvalue weighted by Gasteiger charge is 2.27. The molecule has 7 heteroatoms. The normalized spacial score (nSPS) is 16.0. The summed E-state index contributed by atoms with van der Waals surface area (Å²) in [4.78, 5) is 18.3. The maximum absolute atomic E-state index is 13.3. The van der Waals surface area contributed by atoms with Crippen LogP contribution in [0.25, 0.3) is 0 Å². The van der Waals surface area contributed by atoms with Gasteiger partial charge in [0.25, 0.3) is 0 Å². The molecule has 1 N–H and O–H groups in total. The lowest BCUT2D eigenvalue weighted by Gasteiger charge is -2.33. The summed E-state index contributed by atoms with van der Waals surface area (Å²) in [5, 5.41) is 3.34. The van der Waals surface area contributed by atoms with Gasteiger partial charge in [-0.05, 0) is 59.8 Å². The lowest BCUT2D eigenvalue weighted by Crippen LogP contribution is -2.47. The molecule has 1 aromatic rings. The van der Waals surface area contributed by atoms with Crippen molar-refractivity contribution in [3.8, 4) is 0 Å². The number of rotatable bonds is 5. The minimum atomic E-state index is -0.253. The number of nitrogens with zero attached hydrogens (tertiary/aromatic N) is 2. The van der Waals surface area contributed by atoms with Gasteiger partial charge in [-0.3, -0.25) is 9.79 Å². The van der Waals surface area contributed by atoms with Crippen molar-refractivity contribution in [3.05, 3.63) is 34.1 Å². The van der Waals surface area contributed by atoms with Gasteiger partial charge in [-0.2, -0.15) is 0 Å². The first-order valence-corrected chi connectivity index (χ1v) is 9.40. The average molecular weight is 414 g/mol. The van der Waals surface area contributed by atoms with Gasteiger partial charge in [-0.15, -0.1) is 0 Å². The molecule has 1 heterocycles. The second-order valence-corrected chi connectivity index (χ2v) is 6.84. The van der Waals surface area contributed by atoms with Crippen molar-refractivity contribution in [3.63, 3.8) is 0 Å². The number of hydrogen-bond donors (Lipinski definition) is 1. The van der Waals surface area contributed by atoms with Crippen LogP contribution in [-0.4, -0.2) is 50.1 Å². The van der Waals surface area contributed by atoms with Crippen molar-refractivity contribution in [2.75, 3.05) is 33.3 Å². The van der Waals surface area contributed by atoms with E-state index in [1.54, 1.807) is 19.2 Å². The van der Waals surface area contributed by atoms with Gasteiger partial charge < -0.3 is 15.0 Å². The number of nitrogens with one attached hydrogen (secondary N) is 1. The number of guanidine groups is 1. The van der Waals surface area contributed by atoms with E-state index in [9.17, 15) is 9.18 Å². The topological polar surface area (TPSA) is 53.9 Å². The molecule has 0 radical (unpaired) electrons. The van der Waals surface area contributed by atoms with E-state index < -0.39 is 0 Å². The molecule has 0 amide bonds. The number of piperidine rings is 1. The SMILES string of the molecule is CCOC(=O)C1CCN(C(=NC)NCCc2ccc(F)c(Br)c2)CC1. The van der Waals surface area contributed by atoms with E-state index in [2.05, 4.69) is 31.1 Å². The Morgan fingerprint density at radius 2 is 2.16 bits per heavy atom. The summed E-state index contributed by atoms with van der Waals surface area (Å²) < 4.78 is 18.8. The molecule has 1 aliphatic heterocycles. The summed E-state index contributed by atoms with van der Waals surface area (Å²) in [6.07, 6.45) is 2.34. The molecule has 1 fully saturated rings. The smallest absolute Gasteiger partial charge is 0.309 e. The zero-order chi connectivity index (χ0) is 18.2. The number of carbonyl (C=O) groups is 1. The molecule has 2 rings (SSSR count). The third kappa shape index (κ3) is 5.70. The Labute approximate surface area is 156 Å². The second-order valence-electron chi connectivity index (χ2n) is 5.99. The van der Waals surface area contributed by atoms with E-state index in [0.717, 1.165) is 43.9 Å². The monoisotopic (exact) mass is 413 g/mol. The van der Waals surface area contributed by atoms with Crippen molar-refractivity contribution in [2.24, 2.45) is 10.9 Å². The number of halogens is 2. The fourth-order valence-electron chi connectivity index (χ4n) is 2.93. The van der Waals surface area contributed by atoms with Crippen molar-refractivity contribution in [1.82, 2.24) is 10.2 Å². The Hall–Kier alpha value is -1.63. The standard InChI is InChI=1S/C18H25BrFN3O2/c1-3-25-17(24)14-7-10-23(11-8-14)18(21-2)22-9-6-13-4-5-16(20)15(19)12-13/h4-5,12,14H,3,6-11H2,1-2H3,(H,21,22). The number of hydrogen-bond acceptors (Lipinski definition) is 3. The molecular weight excluding hydrogens is 389 g/mol. The summed E-state index contributed by atoms with van der Waals surface area (Å²) in [7, 11) is 1.76. The maximum Gasteiger partial charge on any atom is 0.309 e. The molecule has 0 atom stereocenters. The number of carbonyl (C=O) groups excluding carboxylic acids is 1. The molecule has 1 aromatic carbocycles. The second kappa shape index (κ2) is 9.75. The van der Waals surface area contributed by atoms with E-state index in [1.807, 2.05) is 6.92 Å². The van der Waals surface area contributed by atoms with Crippen LogP contribution in [0, 0.1) is 11.7 Å². The van der Waals surface area contributed by atoms with Gasteiger partial charge in [0.15, 0.2) is 5.96 Å². The molecule has 1 saturated heterocycles. The van der Waals surface area contributed by atoms with Crippen molar-refractivity contribution < 1.29 is 13.9 Å². The zero-order valence-corrected chi connectivity index (χ0v) is 16.3. The molecule has 0 spiro atoms. The van der Waals surface area contributed by atoms with E-state index in [0.29, 0.717) is 17.6 Å². The minimum absolute atomic E-state index is 0.00845. The van der Waals surface area contributed by atoms with Crippen LogP contribution >= 0.6 is 15.9 Å². The first-order chi connectivity index (χ1) is 12.0. The fourth-order valence-corrected chi connectivity index (χ4v) is 3.36. The predicted molar refractivity (Wildman–Crippen MR) is 100 cm³/mol. The molecule has 1 aliphatic rings. The van der Waals surface area contributed by atoms with Crippen LogP contribution < -0.4 is 5.32 Å². The first kappa shape index (κ1) is 19.7. The van der Waals surface area contributed by atoms with E-state index >= 15 is 0 Å². The van der Waals surface area contributed by atoms with Crippen LogP contribution in [0.5, 0.6) is 0 Å². The van der Waals surface area contributed by atoms with E-state index in [1.165, 1.54) is 6.07 Å². The maximum atomic E-state index is 13.3. The summed E-state index contributed by atoms with van der Waals surface area (Å²) in [6, 6.07) is 5.05. The number of aliphatic imine (C=N–C) groups is 1. The van der Waals surface area contributed by atoms with Gasteiger partial charge in [0.1, 0.15) is 5.82 Å². The van der Waals surface area contributed by atoms with Crippen LogP contribution in [0.1, 0.15) is 25.3 Å². The zero-order valence-electron chi connectivity index (χ0n) is 14.7. The van der Waals surface area contributed by atoms with Gasteiger partial charge in [-0.25, -0.2) is 4.39 Å². The highest BCUT2D eigenvalue weighted by atomic mass is 79.9. The highest BCUT2D eigenvalue weighted by Crippen LogP contribution is 2.19. The Kier molecular flexibility index (Phi) is 7.68. The number of ether oxygens (including phenoxy) is 1. The van der Waals surface area contributed by atoms with Crippen molar-refractivity contribution >= 4 is 27.9 Å². The Morgan fingerprint density at radius 3 is 2.76 bits per heavy atom. The van der Waals surface area contributed by atoms with Crippen LogP contribution in [0.2, 0.25) is 0 Å². The summed E-state index contributed by atoms with van der Waals surface area (Å²) >= 11 is 3.21. The first-order valence-electron chi connectivity index (χ1n) is 8.61. The Bertz CT molecular complexity index is 616. The molecule has 138 valence electrons. The number of benzene rings is 1. The van der Waals surface area contributed by atoms with Crippen LogP contribution in [-0.2, 0) is 16.0 Å². The van der Waals surface area contributed by atoms with E-state index in [-0.39, 0.29) is 17.7 Å². The molecule has 0 aliphatic carbocycles. The summed E-state index contributed by atoms with van der Waals surface area (Å²) in [5.74, 6) is 0.485. The third-order valence-electron chi connectivity index (χ3n) is 4.31. The lowest BCUT2D eigenvalue weighted by atomic mass is 9.97. The van der Waals surface area contributed by atoms with Crippen molar-refractivity contribution in [2.45, 2.75) is 26.2 Å². The lowest BCUT2D eigenvalue weighted by molar-refractivity contribution is -0.149. The van der Waals surface area contributed by atoms with Crippen LogP contribution in [0.4, 0.5) is 4.39 Å². The third-order valence-corrected chi connectivity index (χ3v) is 4.91. The molecule has 0 unspecified atom stereocenters. The van der Waals surface area contributed by atoms with Crippen LogP contribution in [0.15, 0.2) is 27.7 Å². The van der Waals surface area contributed by atoms with Gasteiger partial charge in [-0.1, -0.05) is 6.07 Å². The van der Waals surface area contributed by atoms with Gasteiger partial charge >= 0.3 is 5.97 Å². The van der Waals surface area contributed by atoms with Gasteiger partial charge in [0, 0.05) is 26.7 Å². The molecule has 0 aromatic heterocycles. The van der Waals surface area contributed by atoms with Gasteiger partial charge in [0.2, 0.25) is 0 Å². The quantitative estimate of drug-likeness (QED) is 0.457. The molecule has 25 heavy (non-hydrogen) atoms. The summed E-state index contributed by atoms with van der Waals surface area (Å²) in [6.45, 7) is 4.54. The number of esters is 1. The average Bonchev–Trinajstić information content (AvgIpc) is 2.62. The highest BCUT2D eigenvalue weighted by molar-refractivity contribution is 9.10. The largest absolute Gasteiger partial charge is 0.466 e. The van der Waals surface area contributed by atoms with Crippen LogP contribution in [0.3, 0.4) is 0 Å². The predicted octanol–water partition coefficient (Wildman–Crippen LogP) is 2.98. The van der Waals surface area contributed by atoms with Crippen molar-refractivity contribution in [1.29, 1.82) is 0 Å². The minimum Gasteiger partial charge on any atom is -0.466 e. The molecule has 5 nitrogen and oxygen atoms in total. The Morgan fingerprint density at radius 1 is 1.44 bits per heavy atom. The molecular formula is C18H25BrFN3O2. The fraction of sp³-hybridized carbons (Fsp3) is 0.556. The Balaban J connectivity index is 1.79. The number of likely N-dealkylation sites (tertiary alicyclic amines) is 1. The van der Waals surface area contributed by atoms with Gasteiger partial charge in [0.05, 0.1) is 17.0 Å².